The summed E-state index contributed by atoms with van der Waals surface area (Å²) in [7, 11) is 0. The molecule has 0 spiro atoms. The largest absolute Gasteiger partial charge is 0.379 e. The second kappa shape index (κ2) is 5.17. The van der Waals surface area contributed by atoms with Gasteiger partial charge in [0.15, 0.2) is 0 Å². The first-order valence-corrected chi connectivity index (χ1v) is 6.74. The number of rotatable bonds is 3. The normalized spacial score (nSPS) is 10.4. The molecule has 0 radical (unpaired) electrons. The van der Waals surface area contributed by atoms with Crippen molar-refractivity contribution < 1.29 is 0 Å². The second-order valence-electron chi connectivity index (χ2n) is 3.32. The summed E-state index contributed by atoms with van der Waals surface area (Å²) in [6.45, 7) is 2.76. The van der Waals surface area contributed by atoms with E-state index in [0.717, 1.165) is 26.7 Å². The van der Waals surface area contributed by atoms with Crippen molar-refractivity contribution in [2.24, 2.45) is 0 Å². The van der Waals surface area contributed by atoms with Gasteiger partial charge in [-0.15, -0.1) is 11.3 Å². The van der Waals surface area contributed by atoms with Crippen molar-refractivity contribution in [3.05, 3.63) is 43.8 Å². The van der Waals surface area contributed by atoms with Gasteiger partial charge in [0, 0.05) is 15.5 Å². The highest BCUT2D eigenvalue weighted by atomic mass is 79.9. The minimum Gasteiger partial charge on any atom is -0.379 e. The molecule has 0 aliphatic heterocycles. The van der Waals surface area contributed by atoms with Gasteiger partial charge >= 0.3 is 0 Å². The van der Waals surface area contributed by atoms with Crippen molar-refractivity contribution in [1.29, 1.82) is 0 Å². The lowest BCUT2D eigenvalue weighted by Crippen LogP contribution is -1.97. The summed E-state index contributed by atoms with van der Waals surface area (Å²) in [5.74, 6) is 0. The van der Waals surface area contributed by atoms with Crippen molar-refractivity contribution in [3.8, 4) is 0 Å². The number of aromatic nitrogens is 1. The molecule has 0 saturated heterocycles. The molecule has 1 aromatic heterocycles. The molecule has 0 aliphatic carbocycles. The highest BCUT2D eigenvalue weighted by Gasteiger charge is 2.02. The smallest absolute Gasteiger partial charge is 0.0897 e. The molecule has 0 bridgehead atoms. The zero-order chi connectivity index (χ0) is 11.5. The number of thiazole rings is 1. The molecule has 2 aromatic rings. The first-order valence-electron chi connectivity index (χ1n) is 4.75. The third-order valence-corrected chi connectivity index (χ3v) is 3.77. The standard InChI is InChI=1S/C11H10BrClN2S/c1-7-14-5-9(16-7)6-15-11-3-2-8(12)4-10(11)13/h2-5,15H,6H2,1H3. The molecular formula is C11H10BrClN2S. The van der Waals surface area contributed by atoms with Gasteiger partial charge in [-0.05, 0) is 25.1 Å². The topological polar surface area (TPSA) is 24.9 Å². The third-order valence-electron chi connectivity index (χ3n) is 2.05. The Morgan fingerprint density at radius 2 is 2.31 bits per heavy atom. The molecule has 0 atom stereocenters. The van der Waals surface area contributed by atoms with Gasteiger partial charge in [-0.1, -0.05) is 27.5 Å². The van der Waals surface area contributed by atoms with Crippen LogP contribution < -0.4 is 5.32 Å². The lowest BCUT2D eigenvalue weighted by molar-refractivity contribution is 1.17. The van der Waals surface area contributed by atoms with E-state index in [-0.39, 0.29) is 0 Å². The van der Waals surface area contributed by atoms with E-state index >= 15 is 0 Å². The van der Waals surface area contributed by atoms with Gasteiger partial charge in [-0.25, -0.2) is 4.98 Å². The van der Waals surface area contributed by atoms with Gasteiger partial charge < -0.3 is 5.32 Å². The highest BCUT2D eigenvalue weighted by molar-refractivity contribution is 9.10. The number of halogens is 2. The van der Waals surface area contributed by atoms with Gasteiger partial charge in [0.05, 0.1) is 22.3 Å². The van der Waals surface area contributed by atoms with Gasteiger partial charge in [0.1, 0.15) is 0 Å². The van der Waals surface area contributed by atoms with Gasteiger partial charge in [0.25, 0.3) is 0 Å². The average molecular weight is 318 g/mol. The van der Waals surface area contributed by atoms with Crippen LogP contribution in [0.1, 0.15) is 9.88 Å². The Labute approximate surface area is 112 Å². The number of anilines is 1. The molecule has 1 aromatic carbocycles. The van der Waals surface area contributed by atoms with Crippen molar-refractivity contribution in [2.45, 2.75) is 13.5 Å². The van der Waals surface area contributed by atoms with Crippen LogP contribution >= 0.6 is 38.9 Å². The summed E-state index contributed by atoms with van der Waals surface area (Å²) < 4.78 is 0.983. The maximum atomic E-state index is 6.10. The zero-order valence-electron chi connectivity index (χ0n) is 8.63. The number of hydrogen-bond acceptors (Lipinski definition) is 3. The van der Waals surface area contributed by atoms with Crippen LogP contribution in [0.25, 0.3) is 0 Å². The van der Waals surface area contributed by atoms with Crippen LogP contribution in [0.5, 0.6) is 0 Å². The lowest BCUT2D eigenvalue weighted by Gasteiger charge is -2.06. The van der Waals surface area contributed by atoms with E-state index in [9.17, 15) is 0 Å². The van der Waals surface area contributed by atoms with Crippen molar-refractivity contribution in [2.75, 3.05) is 5.32 Å². The number of aryl methyl sites for hydroxylation is 1. The van der Waals surface area contributed by atoms with Gasteiger partial charge in [0.2, 0.25) is 0 Å². The number of nitrogens with zero attached hydrogens (tertiary/aromatic N) is 1. The molecular weight excluding hydrogens is 308 g/mol. The van der Waals surface area contributed by atoms with Crippen molar-refractivity contribution in [3.63, 3.8) is 0 Å². The summed E-state index contributed by atoms with van der Waals surface area (Å²) >= 11 is 11.2. The van der Waals surface area contributed by atoms with Crippen LogP contribution in [0.15, 0.2) is 28.9 Å². The Balaban J connectivity index is 2.04. The van der Waals surface area contributed by atoms with E-state index in [1.807, 2.05) is 31.3 Å². The first kappa shape index (κ1) is 11.9. The number of benzene rings is 1. The molecule has 5 heteroatoms. The molecule has 2 rings (SSSR count). The monoisotopic (exact) mass is 316 g/mol. The molecule has 0 fully saturated rings. The van der Waals surface area contributed by atoms with Crippen LogP contribution in [0.2, 0.25) is 5.02 Å². The van der Waals surface area contributed by atoms with E-state index in [0.29, 0.717) is 0 Å². The predicted octanol–water partition coefficient (Wildman–Crippen LogP) is 4.48. The Morgan fingerprint density at radius 3 is 2.94 bits per heavy atom. The Hall–Kier alpha value is -0.580. The minimum absolute atomic E-state index is 0.718. The Bertz CT molecular complexity index is 498. The van der Waals surface area contributed by atoms with E-state index in [4.69, 9.17) is 11.6 Å². The molecule has 2 nitrogen and oxygen atoms in total. The zero-order valence-corrected chi connectivity index (χ0v) is 11.8. The number of hydrogen-bond donors (Lipinski definition) is 1. The van der Waals surface area contributed by atoms with Crippen molar-refractivity contribution >= 4 is 44.6 Å². The predicted molar refractivity (Wildman–Crippen MR) is 73.3 cm³/mol. The maximum Gasteiger partial charge on any atom is 0.0897 e. The van der Waals surface area contributed by atoms with Crippen molar-refractivity contribution in [1.82, 2.24) is 4.98 Å². The average Bonchev–Trinajstić information content (AvgIpc) is 2.63. The SMILES string of the molecule is Cc1ncc(CNc2ccc(Br)cc2Cl)s1. The van der Waals surface area contributed by atoms with E-state index in [2.05, 4.69) is 26.2 Å². The Kier molecular flexibility index (Phi) is 3.84. The van der Waals surface area contributed by atoms with E-state index in [1.54, 1.807) is 11.3 Å². The molecule has 0 aliphatic rings. The summed E-state index contributed by atoms with van der Waals surface area (Å²) in [5.41, 5.74) is 0.941. The number of nitrogens with one attached hydrogen (secondary N) is 1. The lowest BCUT2D eigenvalue weighted by atomic mass is 10.3. The summed E-state index contributed by atoms with van der Waals surface area (Å²) in [6.07, 6.45) is 1.89. The molecule has 84 valence electrons. The fraction of sp³-hybridized carbons (Fsp3) is 0.182. The molecule has 0 unspecified atom stereocenters. The van der Waals surface area contributed by atoms with Crippen LogP contribution in [-0.2, 0) is 6.54 Å². The fourth-order valence-corrected chi connectivity index (χ4v) is 2.78. The third kappa shape index (κ3) is 2.97. The van der Waals surface area contributed by atoms with Crippen LogP contribution in [0.3, 0.4) is 0 Å². The fourth-order valence-electron chi connectivity index (χ4n) is 1.30. The quantitative estimate of drug-likeness (QED) is 0.903. The summed E-state index contributed by atoms with van der Waals surface area (Å²) in [4.78, 5) is 5.41. The maximum absolute atomic E-state index is 6.10. The second-order valence-corrected chi connectivity index (χ2v) is 5.97. The van der Waals surface area contributed by atoms with Crippen LogP contribution in [0, 0.1) is 6.92 Å². The molecule has 0 saturated carbocycles. The van der Waals surface area contributed by atoms with Crippen LogP contribution in [-0.4, -0.2) is 4.98 Å². The summed E-state index contributed by atoms with van der Waals surface area (Å²) in [5, 5.41) is 5.09. The summed E-state index contributed by atoms with van der Waals surface area (Å²) in [6, 6.07) is 5.80. The molecule has 1 heterocycles. The molecule has 1 N–H and O–H groups in total. The molecule has 16 heavy (non-hydrogen) atoms. The molecule has 0 amide bonds. The van der Waals surface area contributed by atoms with E-state index < -0.39 is 0 Å². The van der Waals surface area contributed by atoms with Gasteiger partial charge in [-0.3, -0.25) is 0 Å². The minimum atomic E-state index is 0.718. The van der Waals surface area contributed by atoms with Crippen LogP contribution in [0.4, 0.5) is 5.69 Å². The highest BCUT2D eigenvalue weighted by Crippen LogP contribution is 2.26. The van der Waals surface area contributed by atoms with E-state index in [1.165, 1.54) is 4.88 Å². The Morgan fingerprint density at radius 1 is 1.50 bits per heavy atom. The first-order chi connectivity index (χ1) is 7.65. The van der Waals surface area contributed by atoms with Gasteiger partial charge in [-0.2, -0.15) is 0 Å².